The van der Waals surface area contributed by atoms with Crippen molar-refractivity contribution in [2.24, 2.45) is 0 Å². The molecule has 9 nitrogen and oxygen atoms in total. The molecule has 1 rings (SSSR count). The molecule has 0 aliphatic heterocycles. The first-order valence-electron chi connectivity index (χ1n) is 21.7. The summed E-state index contributed by atoms with van der Waals surface area (Å²) in [5.41, 5.74) is 0.905. The highest BCUT2D eigenvalue weighted by Crippen LogP contribution is 2.25. The van der Waals surface area contributed by atoms with Crippen molar-refractivity contribution in [3.05, 3.63) is 23.8 Å². The van der Waals surface area contributed by atoms with Crippen LogP contribution in [0.2, 0.25) is 0 Å². The Morgan fingerprint density at radius 3 is 1.09 bits per heavy atom. The Hall–Kier alpha value is -2.94. The van der Waals surface area contributed by atoms with Crippen LogP contribution in [-0.4, -0.2) is 56.1 Å². The molecular weight excluding hydrogens is 682 g/mol. The highest BCUT2D eigenvalue weighted by molar-refractivity contribution is 5.74. The molecule has 0 bridgehead atoms. The smallest absolute Gasteiger partial charge is 0.311 e. The van der Waals surface area contributed by atoms with E-state index in [-0.39, 0.29) is 23.9 Å². The van der Waals surface area contributed by atoms with Gasteiger partial charge in [-0.05, 0) is 70.3 Å². The fourth-order valence-corrected chi connectivity index (χ4v) is 6.34. The molecule has 0 aliphatic carbocycles. The molecule has 0 aliphatic rings. The Bertz CT molecular complexity index is 1040. The van der Waals surface area contributed by atoms with Crippen molar-refractivity contribution in [2.75, 3.05) is 27.3 Å². The molecule has 0 atom stereocenters. The largest absolute Gasteiger partial charge is 0.466 e. The summed E-state index contributed by atoms with van der Waals surface area (Å²) >= 11 is 0. The van der Waals surface area contributed by atoms with E-state index in [0.717, 1.165) is 121 Å². The predicted molar refractivity (Wildman–Crippen MR) is 218 cm³/mol. The summed E-state index contributed by atoms with van der Waals surface area (Å²) in [5, 5.41) is 0. The summed E-state index contributed by atoms with van der Waals surface area (Å²) in [4.78, 5) is 50.9. The van der Waals surface area contributed by atoms with Gasteiger partial charge in [0.25, 0.3) is 0 Å². The van der Waals surface area contributed by atoms with E-state index in [2.05, 4.69) is 13.8 Å². The van der Waals surface area contributed by atoms with Gasteiger partial charge in [-0.1, -0.05) is 129 Å². The highest BCUT2D eigenvalue weighted by Gasteiger charge is 2.12. The number of carbonyl (C=O) groups is 4. The third-order valence-electron chi connectivity index (χ3n) is 9.45. The molecule has 0 radical (unpaired) electrons. The number of ether oxygens (including phenoxy) is 4. The van der Waals surface area contributed by atoms with Gasteiger partial charge in [-0.25, -0.2) is 0 Å². The van der Waals surface area contributed by atoms with E-state index in [4.69, 9.17) is 18.9 Å². The summed E-state index contributed by atoms with van der Waals surface area (Å²) < 4.78 is 22.1. The lowest BCUT2D eigenvalue weighted by Gasteiger charge is -2.14. The van der Waals surface area contributed by atoms with Gasteiger partial charge in [0.1, 0.15) is 11.5 Å². The topological polar surface area (TPSA) is 108 Å². The van der Waals surface area contributed by atoms with Crippen LogP contribution >= 0.6 is 0 Å². The van der Waals surface area contributed by atoms with Crippen molar-refractivity contribution in [2.45, 2.75) is 200 Å². The van der Waals surface area contributed by atoms with Gasteiger partial charge < -0.3 is 23.8 Å². The van der Waals surface area contributed by atoms with Crippen molar-refractivity contribution < 1.29 is 38.1 Å². The second-order valence-electron chi connectivity index (χ2n) is 15.2. The molecule has 0 saturated carbocycles. The number of rotatable bonds is 36. The van der Waals surface area contributed by atoms with E-state index < -0.39 is 0 Å². The number of unbranched alkanes of at least 4 members (excludes halogenated alkanes) is 20. The van der Waals surface area contributed by atoms with Crippen LogP contribution in [0.15, 0.2) is 18.2 Å². The Balaban J connectivity index is 2.20. The third kappa shape index (κ3) is 30.4. The van der Waals surface area contributed by atoms with Crippen molar-refractivity contribution in [3.8, 4) is 11.5 Å². The Labute approximate surface area is 329 Å². The fraction of sp³-hybridized carbons (Fsp3) is 0.778. The van der Waals surface area contributed by atoms with E-state index in [1.165, 1.54) is 38.5 Å². The lowest BCUT2D eigenvalue weighted by molar-refractivity contribution is -0.144. The number of hydrogen-bond donors (Lipinski definition) is 0. The number of esters is 4. The molecule has 1 aromatic rings. The second-order valence-corrected chi connectivity index (χ2v) is 15.2. The fourth-order valence-electron chi connectivity index (χ4n) is 6.34. The van der Waals surface area contributed by atoms with Crippen LogP contribution in [0.1, 0.15) is 199 Å². The lowest BCUT2D eigenvalue weighted by Crippen LogP contribution is -2.13. The molecule has 0 spiro atoms. The van der Waals surface area contributed by atoms with E-state index in [1.807, 2.05) is 31.1 Å². The maximum absolute atomic E-state index is 12.6. The van der Waals surface area contributed by atoms with Gasteiger partial charge in [-0.15, -0.1) is 0 Å². The quantitative estimate of drug-likeness (QED) is 0.0375. The van der Waals surface area contributed by atoms with E-state index in [0.29, 0.717) is 56.9 Å². The highest BCUT2D eigenvalue weighted by atomic mass is 16.5. The molecule has 0 unspecified atom stereocenters. The van der Waals surface area contributed by atoms with Crippen LogP contribution in [0, 0.1) is 0 Å². The monoisotopic (exact) mass is 760 g/mol. The zero-order valence-electron chi connectivity index (χ0n) is 34.9. The van der Waals surface area contributed by atoms with Crippen molar-refractivity contribution in [1.29, 1.82) is 0 Å². The summed E-state index contributed by atoms with van der Waals surface area (Å²) in [7, 11) is 3.92. The molecule has 310 valence electrons. The van der Waals surface area contributed by atoms with Crippen LogP contribution in [0.25, 0.3) is 0 Å². The molecule has 0 heterocycles. The Morgan fingerprint density at radius 2 is 0.741 bits per heavy atom. The minimum atomic E-state index is -0.282. The van der Waals surface area contributed by atoms with Crippen molar-refractivity contribution in [3.63, 3.8) is 0 Å². The van der Waals surface area contributed by atoms with Crippen LogP contribution in [0.4, 0.5) is 0 Å². The number of hydrogen-bond acceptors (Lipinski definition) is 9. The van der Waals surface area contributed by atoms with Gasteiger partial charge in [0.15, 0.2) is 0 Å². The molecule has 54 heavy (non-hydrogen) atoms. The normalized spacial score (nSPS) is 11.1. The maximum Gasteiger partial charge on any atom is 0.311 e. The Morgan fingerprint density at radius 1 is 0.426 bits per heavy atom. The van der Waals surface area contributed by atoms with Gasteiger partial charge in [0.2, 0.25) is 0 Å². The van der Waals surface area contributed by atoms with Gasteiger partial charge in [0.05, 0.1) is 13.2 Å². The zero-order chi connectivity index (χ0) is 39.5. The minimum Gasteiger partial charge on any atom is -0.466 e. The van der Waals surface area contributed by atoms with Crippen LogP contribution in [-0.2, 0) is 35.2 Å². The molecule has 9 heteroatoms. The van der Waals surface area contributed by atoms with Gasteiger partial charge in [-0.2, -0.15) is 0 Å². The standard InChI is InChI=1S/C45H77NO8/c1-5-7-9-17-23-29-42(47)51-33-27-21-15-11-13-19-25-31-44(49)53-40-35-39(38-46(3)4)36-41(37-40)54-45(50)32-26-20-14-12-16-22-28-34-52-43(48)30-24-18-10-8-6-2/h35-37H,5-34,38H2,1-4H3. The Kier molecular flexibility index (Phi) is 31.4. The van der Waals surface area contributed by atoms with Crippen LogP contribution in [0.5, 0.6) is 11.5 Å². The summed E-state index contributed by atoms with van der Waals surface area (Å²) in [6.07, 6.45) is 27.0. The van der Waals surface area contributed by atoms with E-state index in [9.17, 15) is 19.2 Å². The number of carbonyl (C=O) groups excluding carboxylic acids is 4. The predicted octanol–water partition coefficient (Wildman–Crippen LogP) is 11.6. The molecule has 0 N–H and O–H groups in total. The number of nitrogens with zero attached hydrogens (tertiary/aromatic N) is 1. The average molecular weight is 760 g/mol. The number of benzene rings is 1. The SMILES string of the molecule is CCCCCCCC(=O)OCCCCCCCCCC(=O)Oc1cc(CN(C)C)cc(OC(=O)CCCCCCCCCOC(=O)CCCCCCC)c1. The van der Waals surface area contributed by atoms with Crippen molar-refractivity contribution in [1.82, 2.24) is 4.90 Å². The van der Waals surface area contributed by atoms with Crippen molar-refractivity contribution >= 4 is 23.9 Å². The first kappa shape index (κ1) is 49.1. The van der Waals surface area contributed by atoms with Gasteiger partial charge >= 0.3 is 23.9 Å². The molecular formula is C45H77NO8. The maximum atomic E-state index is 12.6. The zero-order valence-corrected chi connectivity index (χ0v) is 34.9. The summed E-state index contributed by atoms with van der Waals surface area (Å²) in [6, 6.07) is 5.30. The minimum absolute atomic E-state index is 0.0681. The summed E-state index contributed by atoms with van der Waals surface area (Å²) in [6.45, 7) is 6.02. The van der Waals surface area contributed by atoms with Gasteiger partial charge in [0, 0.05) is 38.3 Å². The first-order chi connectivity index (χ1) is 26.2. The third-order valence-corrected chi connectivity index (χ3v) is 9.45. The van der Waals surface area contributed by atoms with E-state index in [1.54, 1.807) is 6.07 Å². The summed E-state index contributed by atoms with van der Waals surface area (Å²) in [5.74, 6) is 0.0992. The molecule has 0 aromatic heterocycles. The molecule has 0 fully saturated rings. The van der Waals surface area contributed by atoms with Crippen LogP contribution < -0.4 is 9.47 Å². The average Bonchev–Trinajstić information content (AvgIpc) is 3.12. The van der Waals surface area contributed by atoms with E-state index >= 15 is 0 Å². The molecule has 1 aromatic carbocycles. The van der Waals surface area contributed by atoms with Gasteiger partial charge in [-0.3, -0.25) is 19.2 Å². The second kappa shape index (κ2) is 34.5. The first-order valence-corrected chi connectivity index (χ1v) is 21.7. The lowest BCUT2D eigenvalue weighted by atomic mass is 10.1. The van der Waals surface area contributed by atoms with Crippen LogP contribution in [0.3, 0.4) is 0 Å². The molecule has 0 amide bonds. The molecule has 0 saturated heterocycles.